The molecule has 0 saturated carbocycles. The Kier molecular flexibility index (Phi) is 2.40. The molecule has 3 heteroatoms. The molecule has 0 aromatic heterocycles. The van der Waals surface area contributed by atoms with E-state index >= 15 is 0 Å². The van der Waals surface area contributed by atoms with Crippen LogP contribution in [-0.4, -0.2) is 35.5 Å². The van der Waals surface area contributed by atoms with Gasteiger partial charge in [0.15, 0.2) is 0 Å². The SMILES string of the molecule is [2H][C@]1(C2=NC(C)(C)CO2)CN1[C@H](C)c1ccccc1. The van der Waals surface area contributed by atoms with E-state index in [1.807, 2.05) is 32.0 Å². The molecule has 1 aromatic rings. The van der Waals surface area contributed by atoms with Gasteiger partial charge in [-0.05, 0) is 26.3 Å². The van der Waals surface area contributed by atoms with Gasteiger partial charge in [0.1, 0.15) is 6.61 Å². The van der Waals surface area contributed by atoms with E-state index in [2.05, 4.69) is 28.9 Å². The van der Waals surface area contributed by atoms with Crippen molar-refractivity contribution in [3.05, 3.63) is 35.9 Å². The van der Waals surface area contributed by atoms with Crippen LogP contribution in [0, 0.1) is 0 Å². The highest BCUT2D eigenvalue weighted by atomic mass is 16.5. The number of ether oxygens (including phenoxy) is 1. The van der Waals surface area contributed by atoms with Crippen LogP contribution in [-0.2, 0) is 4.74 Å². The van der Waals surface area contributed by atoms with Gasteiger partial charge in [-0.2, -0.15) is 0 Å². The van der Waals surface area contributed by atoms with Crippen LogP contribution in [0.25, 0.3) is 0 Å². The van der Waals surface area contributed by atoms with E-state index in [4.69, 9.17) is 6.11 Å². The smallest absolute Gasteiger partial charge is 0.203 e. The molecule has 0 amide bonds. The molecule has 3 atom stereocenters. The minimum absolute atomic E-state index is 0.187. The van der Waals surface area contributed by atoms with E-state index in [0.29, 0.717) is 19.0 Å². The van der Waals surface area contributed by atoms with Crippen LogP contribution in [0.1, 0.15) is 33.7 Å². The van der Waals surface area contributed by atoms with Gasteiger partial charge in [0.05, 0.1) is 12.9 Å². The summed E-state index contributed by atoms with van der Waals surface area (Å²) in [6.45, 7) is 7.48. The van der Waals surface area contributed by atoms with E-state index in [-0.39, 0.29) is 11.6 Å². The van der Waals surface area contributed by atoms with Gasteiger partial charge in [-0.3, -0.25) is 4.90 Å². The maximum Gasteiger partial charge on any atom is 0.203 e. The number of hydrogen-bond acceptors (Lipinski definition) is 3. The van der Waals surface area contributed by atoms with Crippen LogP contribution in [0.3, 0.4) is 0 Å². The maximum absolute atomic E-state index is 8.52. The fourth-order valence-corrected chi connectivity index (χ4v) is 2.33. The Morgan fingerprint density at radius 3 is 2.78 bits per heavy atom. The van der Waals surface area contributed by atoms with Crippen molar-refractivity contribution in [1.82, 2.24) is 4.90 Å². The molecule has 3 nitrogen and oxygen atoms in total. The van der Waals surface area contributed by atoms with E-state index in [1.54, 1.807) is 0 Å². The molecule has 0 N–H and O–H groups in total. The lowest BCUT2D eigenvalue weighted by Crippen LogP contribution is -2.17. The summed E-state index contributed by atoms with van der Waals surface area (Å²) in [5.41, 5.74) is 1.04. The van der Waals surface area contributed by atoms with Gasteiger partial charge < -0.3 is 4.74 Å². The number of hydrogen-bond donors (Lipinski definition) is 0. The first kappa shape index (κ1) is 10.6. The third-order valence-corrected chi connectivity index (χ3v) is 3.53. The summed E-state index contributed by atoms with van der Waals surface area (Å²) in [6, 6.07) is 9.74. The molecule has 0 aliphatic carbocycles. The quantitative estimate of drug-likeness (QED) is 0.765. The second kappa shape index (κ2) is 4.09. The van der Waals surface area contributed by atoms with Gasteiger partial charge in [0.2, 0.25) is 5.90 Å². The van der Waals surface area contributed by atoms with Crippen LogP contribution < -0.4 is 0 Å². The zero-order valence-corrected chi connectivity index (χ0v) is 11.2. The second-order valence-corrected chi connectivity index (χ2v) is 5.68. The average Bonchev–Trinajstić information content (AvgIpc) is 2.94. The summed E-state index contributed by atoms with van der Waals surface area (Å²) in [6.07, 6.45) is 0. The monoisotopic (exact) mass is 245 g/mol. The van der Waals surface area contributed by atoms with E-state index < -0.39 is 6.02 Å². The molecule has 2 aliphatic heterocycles. The Hall–Kier alpha value is -1.35. The topological polar surface area (TPSA) is 24.6 Å². The summed E-state index contributed by atoms with van der Waals surface area (Å²) in [5, 5.41) is 0. The van der Waals surface area contributed by atoms with Crippen molar-refractivity contribution in [3.8, 4) is 0 Å². The van der Waals surface area contributed by atoms with E-state index in [1.165, 1.54) is 5.56 Å². The van der Waals surface area contributed by atoms with Gasteiger partial charge in [0, 0.05) is 12.6 Å². The predicted molar refractivity (Wildman–Crippen MR) is 72.8 cm³/mol. The fourth-order valence-electron chi connectivity index (χ4n) is 2.33. The molecule has 1 saturated heterocycles. The zero-order valence-electron chi connectivity index (χ0n) is 12.2. The Labute approximate surface area is 110 Å². The molecule has 1 unspecified atom stereocenters. The predicted octanol–water partition coefficient (Wildman–Crippen LogP) is 2.64. The lowest BCUT2D eigenvalue weighted by Gasteiger charge is -2.14. The third kappa shape index (κ3) is 2.15. The molecule has 1 aromatic carbocycles. The highest BCUT2D eigenvalue weighted by Crippen LogP contribution is 2.34. The van der Waals surface area contributed by atoms with Crippen LogP contribution in [0.2, 0.25) is 0 Å². The van der Waals surface area contributed by atoms with Gasteiger partial charge in [-0.15, -0.1) is 0 Å². The molecular formula is C15H20N2O. The zero-order chi connectivity index (χ0) is 13.7. The minimum atomic E-state index is -0.761. The van der Waals surface area contributed by atoms with Gasteiger partial charge >= 0.3 is 0 Å². The van der Waals surface area contributed by atoms with Gasteiger partial charge in [-0.1, -0.05) is 30.3 Å². The molecule has 2 aliphatic rings. The van der Waals surface area contributed by atoms with Crippen LogP contribution in [0.5, 0.6) is 0 Å². The molecule has 0 radical (unpaired) electrons. The first-order chi connectivity index (χ1) is 8.92. The molecule has 1 fully saturated rings. The van der Waals surface area contributed by atoms with Crippen molar-refractivity contribution in [3.63, 3.8) is 0 Å². The van der Waals surface area contributed by atoms with Gasteiger partial charge in [-0.25, -0.2) is 4.99 Å². The normalized spacial score (nSPS) is 35.4. The lowest BCUT2D eigenvalue weighted by atomic mass is 10.1. The second-order valence-electron chi connectivity index (χ2n) is 5.68. The van der Waals surface area contributed by atoms with Crippen LogP contribution >= 0.6 is 0 Å². The summed E-state index contributed by atoms with van der Waals surface area (Å²) in [7, 11) is 0. The van der Waals surface area contributed by atoms with Crippen molar-refractivity contribution in [2.24, 2.45) is 4.99 Å². The number of rotatable bonds is 3. The van der Waals surface area contributed by atoms with E-state index in [0.717, 1.165) is 0 Å². The Bertz CT molecular complexity index is 514. The summed E-state index contributed by atoms with van der Waals surface area (Å²) in [5.74, 6) is 0.584. The minimum Gasteiger partial charge on any atom is -0.477 e. The van der Waals surface area contributed by atoms with Crippen LogP contribution in [0.4, 0.5) is 0 Å². The summed E-state index contributed by atoms with van der Waals surface area (Å²) in [4.78, 5) is 6.66. The van der Waals surface area contributed by atoms with Crippen molar-refractivity contribution in [2.75, 3.05) is 13.2 Å². The first-order valence-electron chi connectivity index (χ1n) is 6.97. The Morgan fingerprint density at radius 1 is 1.44 bits per heavy atom. The number of aliphatic imine (C=N–C) groups is 1. The largest absolute Gasteiger partial charge is 0.477 e. The Balaban J connectivity index is 1.77. The molecule has 2 heterocycles. The van der Waals surface area contributed by atoms with Crippen molar-refractivity contribution >= 4 is 5.90 Å². The number of nitrogens with zero attached hydrogens (tertiary/aromatic N) is 2. The summed E-state index contributed by atoms with van der Waals surface area (Å²) >= 11 is 0. The standard InChI is InChI=1S/C15H20N2O/c1-11(12-7-5-4-6-8-12)17-9-13(17)14-16-15(2,3)10-18-14/h4-8,11,13H,9-10H2,1-3H3/t11-,13-,17?/m1/s1/i13D. The van der Waals surface area contributed by atoms with Crippen molar-refractivity contribution in [1.29, 1.82) is 0 Å². The molecule has 18 heavy (non-hydrogen) atoms. The molecule has 3 rings (SSSR count). The van der Waals surface area contributed by atoms with Crippen molar-refractivity contribution < 1.29 is 6.11 Å². The van der Waals surface area contributed by atoms with Crippen molar-refractivity contribution in [2.45, 2.75) is 38.4 Å². The highest BCUT2D eigenvalue weighted by molar-refractivity contribution is 5.86. The Morgan fingerprint density at radius 2 is 2.17 bits per heavy atom. The van der Waals surface area contributed by atoms with Crippen LogP contribution in [0.15, 0.2) is 35.3 Å². The highest BCUT2D eigenvalue weighted by Gasteiger charge is 2.46. The van der Waals surface area contributed by atoms with E-state index in [9.17, 15) is 0 Å². The molecule has 0 spiro atoms. The molecular weight excluding hydrogens is 224 g/mol. The number of benzene rings is 1. The fraction of sp³-hybridized carbons (Fsp3) is 0.533. The first-order valence-corrected chi connectivity index (χ1v) is 6.47. The van der Waals surface area contributed by atoms with Gasteiger partial charge in [0.25, 0.3) is 0 Å². The average molecular weight is 245 g/mol. The molecule has 96 valence electrons. The maximum atomic E-state index is 8.52. The third-order valence-electron chi connectivity index (χ3n) is 3.53. The molecule has 0 bridgehead atoms. The lowest BCUT2D eigenvalue weighted by molar-refractivity contribution is 0.269. The summed E-state index contributed by atoms with van der Waals surface area (Å²) < 4.78 is 14.2.